The molecule has 5 heteroatoms. The highest BCUT2D eigenvalue weighted by Gasteiger charge is 2.21. The van der Waals surface area contributed by atoms with E-state index < -0.39 is 17.9 Å². The van der Waals surface area contributed by atoms with Crippen LogP contribution < -0.4 is 5.32 Å². The lowest BCUT2D eigenvalue weighted by atomic mass is 10.1. The SMILES string of the molecule is CC[C@@H](F)C[C@@H](COC)NC(=O)OC(C)(C)C. The summed E-state index contributed by atoms with van der Waals surface area (Å²) in [4.78, 5) is 11.5. The average molecular weight is 249 g/mol. The van der Waals surface area contributed by atoms with Crippen LogP contribution in [0.3, 0.4) is 0 Å². The number of alkyl carbamates (subject to hydrolysis) is 1. The van der Waals surface area contributed by atoms with Gasteiger partial charge in [0.25, 0.3) is 0 Å². The van der Waals surface area contributed by atoms with Gasteiger partial charge in [-0.25, -0.2) is 9.18 Å². The third kappa shape index (κ3) is 8.92. The van der Waals surface area contributed by atoms with Crippen molar-refractivity contribution in [3.05, 3.63) is 0 Å². The largest absolute Gasteiger partial charge is 0.444 e. The number of methoxy groups -OCH3 is 1. The molecule has 1 N–H and O–H groups in total. The number of rotatable bonds is 6. The van der Waals surface area contributed by atoms with Crippen LogP contribution in [0.15, 0.2) is 0 Å². The molecule has 0 aromatic rings. The molecule has 2 atom stereocenters. The lowest BCUT2D eigenvalue weighted by Crippen LogP contribution is -2.42. The number of halogens is 1. The van der Waals surface area contributed by atoms with Gasteiger partial charge in [-0.2, -0.15) is 0 Å². The molecule has 102 valence electrons. The Morgan fingerprint density at radius 2 is 2.00 bits per heavy atom. The lowest BCUT2D eigenvalue weighted by Gasteiger charge is -2.24. The van der Waals surface area contributed by atoms with Gasteiger partial charge < -0.3 is 14.8 Å². The molecular formula is C12H24FNO3. The number of ether oxygens (including phenoxy) is 2. The topological polar surface area (TPSA) is 47.6 Å². The summed E-state index contributed by atoms with van der Waals surface area (Å²) in [5, 5.41) is 2.61. The third-order valence-corrected chi connectivity index (χ3v) is 2.07. The van der Waals surface area contributed by atoms with Gasteiger partial charge in [0, 0.05) is 13.5 Å². The highest BCUT2D eigenvalue weighted by molar-refractivity contribution is 5.68. The molecular weight excluding hydrogens is 225 g/mol. The van der Waals surface area contributed by atoms with Gasteiger partial charge in [-0.3, -0.25) is 0 Å². The summed E-state index contributed by atoms with van der Waals surface area (Å²) in [6.45, 7) is 7.38. The van der Waals surface area contributed by atoms with E-state index in [-0.39, 0.29) is 19.1 Å². The molecule has 0 radical (unpaired) electrons. The molecule has 4 nitrogen and oxygen atoms in total. The maximum Gasteiger partial charge on any atom is 0.407 e. The first-order chi connectivity index (χ1) is 7.78. The van der Waals surface area contributed by atoms with Gasteiger partial charge in [-0.1, -0.05) is 6.92 Å². The summed E-state index contributed by atoms with van der Waals surface area (Å²) < 4.78 is 23.3. The zero-order valence-corrected chi connectivity index (χ0v) is 11.4. The number of amides is 1. The van der Waals surface area contributed by atoms with E-state index in [1.807, 2.05) is 0 Å². The summed E-state index contributed by atoms with van der Waals surface area (Å²) in [7, 11) is 1.52. The first-order valence-corrected chi connectivity index (χ1v) is 5.91. The molecule has 0 saturated carbocycles. The first-order valence-electron chi connectivity index (χ1n) is 5.91. The molecule has 0 unspecified atom stereocenters. The van der Waals surface area contributed by atoms with E-state index in [0.717, 1.165) is 0 Å². The number of alkyl halides is 1. The van der Waals surface area contributed by atoms with Gasteiger partial charge in [0.1, 0.15) is 11.8 Å². The molecule has 0 heterocycles. The van der Waals surface area contributed by atoms with Gasteiger partial charge in [-0.05, 0) is 27.2 Å². The molecule has 0 spiro atoms. The number of carbonyl (C=O) groups is 1. The Labute approximate surface area is 103 Å². The van der Waals surface area contributed by atoms with Crippen molar-refractivity contribution in [3.63, 3.8) is 0 Å². The Balaban J connectivity index is 4.19. The molecule has 0 aromatic carbocycles. The minimum Gasteiger partial charge on any atom is -0.444 e. The van der Waals surface area contributed by atoms with E-state index >= 15 is 0 Å². The second-order valence-corrected chi connectivity index (χ2v) is 5.04. The molecule has 17 heavy (non-hydrogen) atoms. The lowest BCUT2D eigenvalue weighted by molar-refractivity contribution is 0.0450. The van der Waals surface area contributed by atoms with Crippen molar-refractivity contribution < 1.29 is 18.7 Å². The summed E-state index contributed by atoms with van der Waals surface area (Å²) in [5.41, 5.74) is -0.554. The Bertz CT molecular complexity index is 228. The number of hydrogen-bond donors (Lipinski definition) is 1. The molecule has 1 amide bonds. The summed E-state index contributed by atoms with van der Waals surface area (Å²) in [6.07, 6.45) is -0.812. The quantitative estimate of drug-likeness (QED) is 0.787. The summed E-state index contributed by atoms with van der Waals surface area (Å²) in [5.74, 6) is 0. The number of carbonyl (C=O) groups excluding carboxylic acids is 1. The van der Waals surface area contributed by atoms with Crippen LogP contribution in [-0.4, -0.2) is 37.6 Å². The Morgan fingerprint density at radius 1 is 1.41 bits per heavy atom. The molecule has 0 aromatic heterocycles. The van der Waals surface area contributed by atoms with Crippen molar-refractivity contribution in [2.45, 2.75) is 58.4 Å². The van der Waals surface area contributed by atoms with Gasteiger partial charge in [-0.15, -0.1) is 0 Å². The monoisotopic (exact) mass is 249 g/mol. The second kappa shape index (κ2) is 7.48. The van der Waals surface area contributed by atoms with Gasteiger partial charge in [0.05, 0.1) is 12.6 Å². The van der Waals surface area contributed by atoms with Crippen LogP contribution in [0.5, 0.6) is 0 Å². The van der Waals surface area contributed by atoms with E-state index in [1.54, 1.807) is 27.7 Å². The highest BCUT2D eigenvalue weighted by atomic mass is 19.1. The van der Waals surface area contributed by atoms with Crippen LogP contribution in [0.2, 0.25) is 0 Å². The van der Waals surface area contributed by atoms with E-state index in [4.69, 9.17) is 9.47 Å². The molecule has 0 aliphatic heterocycles. The Hall–Kier alpha value is -0.840. The molecule has 0 bridgehead atoms. The minimum absolute atomic E-state index is 0.240. The minimum atomic E-state index is -0.940. The van der Waals surface area contributed by atoms with Crippen molar-refractivity contribution in [1.82, 2.24) is 5.32 Å². The molecule has 0 aliphatic rings. The van der Waals surface area contributed by atoms with Gasteiger partial charge in [0.2, 0.25) is 0 Å². The third-order valence-electron chi connectivity index (χ3n) is 2.07. The van der Waals surface area contributed by atoms with E-state index in [1.165, 1.54) is 7.11 Å². The van der Waals surface area contributed by atoms with E-state index in [9.17, 15) is 9.18 Å². The van der Waals surface area contributed by atoms with Crippen molar-refractivity contribution in [2.24, 2.45) is 0 Å². The normalized spacial score (nSPS) is 15.2. The first kappa shape index (κ1) is 16.2. The molecule has 0 rings (SSSR count). The van der Waals surface area contributed by atoms with Crippen molar-refractivity contribution in [1.29, 1.82) is 0 Å². The number of hydrogen-bond acceptors (Lipinski definition) is 3. The fourth-order valence-corrected chi connectivity index (χ4v) is 1.32. The maximum atomic E-state index is 13.2. The van der Waals surface area contributed by atoms with Crippen LogP contribution in [-0.2, 0) is 9.47 Å². The zero-order chi connectivity index (χ0) is 13.5. The van der Waals surface area contributed by atoms with Crippen LogP contribution in [0.1, 0.15) is 40.5 Å². The van der Waals surface area contributed by atoms with Crippen molar-refractivity contribution >= 4 is 6.09 Å². The Kier molecular flexibility index (Phi) is 7.11. The average Bonchev–Trinajstić information content (AvgIpc) is 2.14. The maximum absolute atomic E-state index is 13.2. The smallest absolute Gasteiger partial charge is 0.407 e. The van der Waals surface area contributed by atoms with E-state index in [2.05, 4.69) is 5.32 Å². The fourth-order valence-electron chi connectivity index (χ4n) is 1.32. The predicted molar refractivity (Wildman–Crippen MR) is 64.8 cm³/mol. The van der Waals surface area contributed by atoms with Crippen LogP contribution in [0.25, 0.3) is 0 Å². The molecule has 0 aliphatic carbocycles. The number of nitrogens with one attached hydrogen (secondary N) is 1. The van der Waals surface area contributed by atoms with Gasteiger partial charge in [0.15, 0.2) is 0 Å². The summed E-state index contributed by atoms with van der Waals surface area (Å²) >= 11 is 0. The second-order valence-electron chi connectivity index (χ2n) is 5.04. The predicted octanol–water partition coefficient (Wildman–Crippen LogP) is 2.66. The van der Waals surface area contributed by atoms with Crippen LogP contribution in [0.4, 0.5) is 9.18 Å². The Morgan fingerprint density at radius 3 is 2.41 bits per heavy atom. The zero-order valence-electron chi connectivity index (χ0n) is 11.4. The standard InChI is InChI=1S/C12H24FNO3/c1-6-9(13)7-10(8-16-5)14-11(15)17-12(2,3)4/h9-10H,6-8H2,1-5H3,(H,14,15)/t9-,10+/m1/s1. The van der Waals surface area contributed by atoms with E-state index in [0.29, 0.717) is 6.42 Å². The van der Waals surface area contributed by atoms with Crippen LogP contribution in [0, 0.1) is 0 Å². The fraction of sp³-hybridized carbons (Fsp3) is 0.917. The van der Waals surface area contributed by atoms with Crippen molar-refractivity contribution in [2.75, 3.05) is 13.7 Å². The van der Waals surface area contributed by atoms with Gasteiger partial charge >= 0.3 is 6.09 Å². The van der Waals surface area contributed by atoms with Crippen LogP contribution >= 0.6 is 0 Å². The highest BCUT2D eigenvalue weighted by Crippen LogP contribution is 2.10. The molecule has 0 fully saturated rings. The van der Waals surface area contributed by atoms with Crippen molar-refractivity contribution in [3.8, 4) is 0 Å². The molecule has 0 saturated heterocycles. The summed E-state index contributed by atoms with van der Waals surface area (Å²) in [6, 6.07) is -0.357.